The zero-order chi connectivity index (χ0) is 22.5. The molecule has 0 spiro atoms. The van der Waals surface area contributed by atoms with Crippen molar-refractivity contribution in [3.05, 3.63) is 94.9 Å². The summed E-state index contributed by atoms with van der Waals surface area (Å²) in [7, 11) is 0. The third kappa shape index (κ3) is 6.04. The second-order valence-electron chi connectivity index (χ2n) is 8.44. The van der Waals surface area contributed by atoms with Crippen molar-refractivity contribution >= 4 is 5.91 Å². The van der Waals surface area contributed by atoms with Gasteiger partial charge in [0.15, 0.2) is 0 Å². The van der Waals surface area contributed by atoms with Crippen molar-refractivity contribution in [2.75, 3.05) is 13.1 Å². The Kier molecular flexibility index (Phi) is 7.00. The highest BCUT2D eigenvalue weighted by molar-refractivity contribution is 5.78. The van der Waals surface area contributed by atoms with Crippen LogP contribution in [0.25, 0.3) is 0 Å². The number of carbonyl (C=O) groups is 1. The van der Waals surface area contributed by atoms with E-state index in [-0.39, 0.29) is 30.6 Å². The number of amides is 1. The van der Waals surface area contributed by atoms with E-state index in [0.717, 1.165) is 48.5 Å². The second kappa shape index (κ2) is 10.1. The van der Waals surface area contributed by atoms with Gasteiger partial charge in [-0.3, -0.25) is 9.69 Å². The predicted molar refractivity (Wildman–Crippen MR) is 119 cm³/mol. The van der Waals surface area contributed by atoms with Crippen LogP contribution in [0.15, 0.2) is 65.1 Å². The fourth-order valence-corrected chi connectivity index (χ4v) is 3.87. The molecule has 2 aromatic carbocycles. The summed E-state index contributed by atoms with van der Waals surface area (Å²) >= 11 is 0. The molecule has 1 saturated carbocycles. The summed E-state index contributed by atoms with van der Waals surface area (Å²) in [5.41, 5.74) is 1.43. The summed E-state index contributed by atoms with van der Waals surface area (Å²) in [6.45, 7) is 3.19. The lowest BCUT2D eigenvalue weighted by Gasteiger charge is -2.27. The maximum Gasteiger partial charge on any atom is 0.237 e. The SMILES string of the molecule is Cc1ccc(CN(CCc2ccccc2)C(=O)CN(Cc2cc(F)ccc2F)C2CC2)o1. The molecule has 0 bridgehead atoms. The highest BCUT2D eigenvalue weighted by atomic mass is 19.1. The first-order chi connectivity index (χ1) is 15.5. The lowest BCUT2D eigenvalue weighted by molar-refractivity contribution is -0.133. The molecule has 1 aliphatic carbocycles. The number of furan rings is 1. The molecule has 0 aliphatic heterocycles. The molecule has 0 N–H and O–H groups in total. The van der Waals surface area contributed by atoms with Gasteiger partial charge in [-0.15, -0.1) is 0 Å². The average Bonchev–Trinajstić information content (AvgIpc) is 3.55. The Balaban J connectivity index is 1.47. The molecule has 0 saturated heterocycles. The van der Waals surface area contributed by atoms with Crippen molar-refractivity contribution in [3.63, 3.8) is 0 Å². The first-order valence-electron chi connectivity index (χ1n) is 11.0. The summed E-state index contributed by atoms with van der Waals surface area (Å²) in [5, 5.41) is 0. The quantitative estimate of drug-likeness (QED) is 0.442. The van der Waals surface area contributed by atoms with E-state index in [9.17, 15) is 13.6 Å². The van der Waals surface area contributed by atoms with Crippen LogP contribution in [0.1, 0.15) is 35.5 Å². The van der Waals surface area contributed by atoms with Gasteiger partial charge in [-0.2, -0.15) is 0 Å². The van der Waals surface area contributed by atoms with Crippen LogP contribution < -0.4 is 0 Å². The maximum atomic E-state index is 14.2. The van der Waals surface area contributed by atoms with E-state index in [1.165, 1.54) is 6.07 Å². The van der Waals surface area contributed by atoms with Gasteiger partial charge in [0.25, 0.3) is 0 Å². The number of hydrogen-bond acceptors (Lipinski definition) is 3. The monoisotopic (exact) mass is 438 g/mol. The molecule has 3 aromatic rings. The van der Waals surface area contributed by atoms with E-state index in [1.54, 1.807) is 4.90 Å². The third-order valence-electron chi connectivity index (χ3n) is 5.79. The zero-order valence-corrected chi connectivity index (χ0v) is 18.3. The molecule has 168 valence electrons. The van der Waals surface area contributed by atoms with Crippen molar-refractivity contribution in [2.24, 2.45) is 0 Å². The standard InChI is InChI=1S/C26H28F2N2O2/c1-19-7-11-24(32-19)17-29(14-13-20-5-3-2-4-6-20)26(31)18-30(23-9-10-23)16-21-15-22(27)8-12-25(21)28/h2-8,11-12,15,23H,9-10,13-14,16-18H2,1H3. The Morgan fingerprint density at radius 1 is 1.03 bits per heavy atom. The summed E-state index contributed by atoms with van der Waals surface area (Å²) < 4.78 is 33.6. The highest BCUT2D eigenvalue weighted by Crippen LogP contribution is 2.29. The lowest BCUT2D eigenvalue weighted by atomic mass is 10.1. The summed E-state index contributed by atoms with van der Waals surface area (Å²) in [6.07, 6.45) is 2.66. The summed E-state index contributed by atoms with van der Waals surface area (Å²) in [4.78, 5) is 17.1. The van der Waals surface area contributed by atoms with Crippen molar-refractivity contribution in [1.29, 1.82) is 0 Å². The Bertz CT molecular complexity index is 1050. The summed E-state index contributed by atoms with van der Waals surface area (Å²) in [6, 6.07) is 17.5. The number of aryl methyl sites for hydroxylation is 1. The number of hydrogen-bond donors (Lipinski definition) is 0. The fourth-order valence-electron chi connectivity index (χ4n) is 3.87. The van der Waals surface area contributed by atoms with Crippen LogP contribution in [0.2, 0.25) is 0 Å². The van der Waals surface area contributed by atoms with E-state index in [1.807, 2.05) is 54.3 Å². The van der Waals surface area contributed by atoms with E-state index >= 15 is 0 Å². The average molecular weight is 439 g/mol. The van der Waals surface area contributed by atoms with Crippen LogP contribution in [0, 0.1) is 18.6 Å². The number of halogens is 2. The van der Waals surface area contributed by atoms with Gasteiger partial charge < -0.3 is 9.32 Å². The van der Waals surface area contributed by atoms with Crippen LogP contribution in [-0.2, 0) is 24.3 Å². The van der Waals surface area contributed by atoms with E-state index in [4.69, 9.17) is 4.42 Å². The molecule has 4 rings (SSSR count). The Hall–Kier alpha value is -2.99. The molecule has 6 heteroatoms. The van der Waals surface area contributed by atoms with Crippen LogP contribution in [0.3, 0.4) is 0 Å². The first-order valence-corrected chi connectivity index (χ1v) is 11.0. The molecule has 1 aliphatic rings. The lowest BCUT2D eigenvalue weighted by Crippen LogP contribution is -2.41. The van der Waals surface area contributed by atoms with Gasteiger partial charge in [0.1, 0.15) is 23.2 Å². The molecule has 0 radical (unpaired) electrons. The zero-order valence-electron chi connectivity index (χ0n) is 18.3. The Labute approximate surface area is 187 Å². The van der Waals surface area contributed by atoms with Gasteiger partial charge in [-0.05, 0) is 62.1 Å². The first kappa shape index (κ1) is 22.2. The molecule has 0 atom stereocenters. The number of rotatable bonds is 10. The molecule has 32 heavy (non-hydrogen) atoms. The summed E-state index contributed by atoms with van der Waals surface area (Å²) in [5.74, 6) is 0.575. The normalized spacial score (nSPS) is 13.5. The van der Waals surface area contributed by atoms with Gasteiger partial charge in [0, 0.05) is 24.7 Å². The largest absolute Gasteiger partial charge is 0.464 e. The van der Waals surface area contributed by atoms with Gasteiger partial charge in [-0.25, -0.2) is 8.78 Å². The topological polar surface area (TPSA) is 36.7 Å². The minimum atomic E-state index is -0.471. The van der Waals surface area contributed by atoms with Gasteiger partial charge in [0.05, 0.1) is 13.1 Å². The molecule has 1 fully saturated rings. The van der Waals surface area contributed by atoms with Crippen LogP contribution >= 0.6 is 0 Å². The van der Waals surface area contributed by atoms with Crippen molar-refractivity contribution in [1.82, 2.24) is 9.80 Å². The van der Waals surface area contributed by atoms with E-state index in [0.29, 0.717) is 13.1 Å². The molecule has 1 amide bonds. The van der Waals surface area contributed by atoms with Gasteiger partial charge >= 0.3 is 0 Å². The molecular weight excluding hydrogens is 410 g/mol. The minimum absolute atomic E-state index is 0.0429. The van der Waals surface area contributed by atoms with E-state index in [2.05, 4.69) is 0 Å². The van der Waals surface area contributed by atoms with Crippen molar-refractivity contribution < 1.29 is 18.0 Å². The predicted octanol–water partition coefficient (Wildman–Crippen LogP) is 5.10. The minimum Gasteiger partial charge on any atom is -0.464 e. The number of benzene rings is 2. The van der Waals surface area contributed by atoms with Crippen molar-refractivity contribution in [3.8, 4) is 0 Å². The Morgan fingerprint density at radius 2 is 1.81 bits per heavy atom. The number of carbonyl (C=O) groups excluding carboxylic acids is 1. The Morgan fingerprint density at radius 3 is 2.50 bits per heavy atom. The van der Waals surface area contributed by atoms with Crippen LogP contribution in [0.5, 0.6) is 0 Å². The molecule has 1 aromatic heterocycles. The molecule has 0 unspecified atom stereocenters. The third-order valence-corrected chi connectivity index (χ3v) is 5.79. The van der Waals surface area contributed by atoms with Crippen molar-refractivity contribution in [2.45, 2.75) is 45.3 Å². The van der Waals surface area contributed by atoms with Crippen LogP contribution in [-0.4, -0.2) is 34.8 Å². The molecule has 1 heterocycles. The second-order valence-corrected chi connectivity index (χ2v) is 8.44. The van der Waals surface area contributed by atoms with Gasteiger partial charge in [-0.1, -0.05) is 30.3 Å². The molecular formula is C26H28F2N2O2. The smallest absolute Gasteiger partial charge is 0.237 e. The van der Waals surface area contributed by atoms with E-state index < -0.39 is 11.6 Å². The highest BCUT2D eigenvalue weighted by Gasteiger charge is 2.32. The fraction of sp³-hybridized carbons (Fsp3) is 0.346. The maximum absolute atomic E-state index is 14.2. The van der Waals surface area contributed by atoms with Gasteiger partial charge in [0.2, 0.25) is 5.91 Å². The number of nitrogens with zero attached hydrogens (tertiary/aromatic N) is 2. The van der Waals surface area contributed by atoms with Crippen LogP contribution in [0.4, 0.5) is 8.78 Å². The molecule has 4 nitrogen and oxygen atoms in total.